The van der Waals surface area contributed by atoms with Gasteiger partial charge < -0.3 is 14.5 Å². The van der Waals surface area contributed by atoms with Crippen LogP contribution in [0.4, 0.5) is 5.69 Å². The van der Waals surface area contributed by atoms with Crippen LogP contribution < -0.4 is 10.2 Å². The van der Waals surface area contributed by atoms with E-state index in [9.17, 15) is 19.3 Å². The highest BCUT2D eigenvalue weighted by Crippen LogP contribution is 2.46. The normalized spacial score (nSPS) is 25.9. The first-order valence-electron chi connectivity index (χ1n) is 13.9. The van der Waals surface area contributed by atoms with Gasteiger partial charge in [-0.15, -0.1) is 11.3 Å². The van der Waals surface area contributed by atoms with Crippen LogP contribution in [0.25, 0.3) is 0 Å². The lowest BCUT2D eigenvalue weighted by Gasteiger charge is -2.40. The van der Waals surface area contributed by atoms with Crippen LogP contribution in [0.2, 0.25) is 0 Å². The number of hydrogen-bond donors (Lipinski definition) is 1. The molecule has 1 atom stereocenters. The number of anilines is 1. The van der Waals surface area contributed by atoms with Crippen molar-refractivity contribution in [3.05, 3.63) is 46.2 Å². The minimum atomic E-state index is -2.95. The van der Waals surface area contributed by atoms with Gasteiger partial charge in [-0.2, -0.15) is 0 Å². The van der Waals surface area contributed by atoms with Crippen molar-refractivity contribution < 1.29 is 23.8 Å². The van der Waals surface area contributed by atoms with Crippen LogP contribution in [-0.2, 0) is 19.3 Å². The van der Waals surface area contributed by atoms with Gasteiger partial charge in [0.1, 0.15) is 4.88 Å². The molecule has 4 rings (SSSR count). The molecular formula is C30H42NO5PS. The quantitative estimate of drug-likeness (QED) is 0.356. The van der Waals surface area contributed by atoms with Gasteiger partial charge in [0.15, 0.2) is 0 Å². The third kappa shape index (κ3) is 6.60. The van der Waals surface area contributed by atoms with Gasteiger partial charge in [-0.1, -0.05) is 45.9 Å². The summed E-state index contributed by atoms with van der Waals surface area (Å²) in [4.78, 5) is 29.5. The maximum absolute atomic E-state index is 14.1. The number of nitrogens with zero attached hydrogens (tertiary/aromatic N) is 1. The highest BCUT2D eigenvalue weighted by atomic mass is 32.1. The molecule has 2 saturated carbocycles. The highest BCUT2D eigenvalue weighted by molar-refractivity contribution is 7.66. The zero-order chi connectivity index (χ0) is 27.7. The van der Waals surface area contributed by atoms with E-state index in [1.165, 1.54) is 11.3 Å². The third-order valence-electron chi connectivity index (χ3n) is 8.09. The van der Waals surface area contributed by atoms with Crippen molar-refractivity contribution in [1.82, 2.24) is 0 Å². The molecular weight excluding hydrogens is 517 g/mol. The number of carbonyl (C=O) groups is 2. The van der Waals surface area contributed by atoms with E-state index in [0.717, 1.165) is 30.6 Å². The number of carboxylic acid groups (broad SMARTS) is 1. The molecule has 1 N–H and O–H groups in total. The molecule has 0 aliphatic heterocycles. The van der Waals surface area contributed by atoms with Crippen LogP contribution in [-0.4, -0.2) is 35.8 Å². The Bertz CT molecular complexity index is 1170. The Labute approximate surface area is 231 Å². The molecule has 208 valence electrons. The first-order chi connectivity index (χ1) is 17.9. The monoisotopic (exact) mass is 559 g/mol. The summed E-state index contributed by atoms with van der Waals surface area (Å²) in [6.07, 6.45) is 6.34. The molecule has 1 unspecified atom stereocenters. The van der Waals surface area contributed by atoms with Crippen molar-refractivity contribution in [2.75, 3.05) is 11.6 Å². The SMILES string of the molecule is CC1CCC(C(=O)N(c2cc(C(C)(C)C)sc2C(=O)O)C2CCC(OP(C)(=O)c3ccccc3)CC2)CC1. The van der Waals surface area contributed by atoms with Gasteiger partial charge >= 0.3 is 5.97 Å². The smallest absolute Gasteiger partial charge is 0.348 e. The van der Waals surface area contributed by atoms with Crippen LogP contribution in [0.15, 0.2) is 36.4 Å². The number of aromatic carboxylic acids is 1. The Hall–Kier alpha value is -1.95. The Kier molecular flexibility index (Phi) is 8.91. The van der Waals surface area contributed by atoms with Crippen LogP contribution in [0.5, 0.6) is 0 Å². The highest BCUT2D eigenvalue weighted by Gasteiger charge is 2.39. The molecule has 38 heavy (non-hydrogen) atoms. The summed E-state index contributed by atoms with van der Waals surface area (Å²) >= 11 is 1.28. The second kappa shape index (κ2) is 11.7. The fourth-order valence-corrected chi connectivity index (χ4v) is 8.40. The standard InChI is InChI=1S/C30H42NO5PS/c1-20-11-13-21(14-12-20)28(32)31(25-19-26(30(2,3)4)38-27(25)29(33)34)22-15-17-23(18-16-22)36-37(5,35)24-9-7-6-8-10-24/h6-10,19-23H,11-18H2,1-5H3,(H,33,34). The number of carbonyl (C=O) groups excluding carboxylic acids is 1. The number of hydrogen-bond acceptors (Lipinski definition) is 5. The van der Waals surface area contributed by atoms with Gasteiger partial charge in [-0.05, 0) is 80.9 Å². The summed E-state index contributed by atoms with van der Waals surface area (Å²) in [5.74, 6) is -0.374. The average Bonchev–Trinajstić information content (AvgIpc) is 3.32. The van der Waals surface area contributed by atoms with E-state index in [4.69, 9.17) is 4.52 Å². The molecule has 8 heteroatoms. The summed E-state index contributed by atoms with van der Waals surface area (Å²) in [5.41, 5.74) is 0.332. The molecule has 2 fully saturated rings. The van der Waals surface area contributed by atoms with Crippen molar-refractivity contribution in [2.24, 2.45) is 11.8 Å². The molecule has 0 radical (unpaired) electrons. The van der Waals surface area contributed by atoms with E-state index < -0.39 is 13.3 Å². The second-order valence-corrected chi connectivity index (χ2v) is 15.7. The van der Waals surface area contributed by atoms with Crippen molar-refractivity contribution >= 4 is 41.6 Å². The van der Waals surface area contributed by atoms with E-state index in [0.29, 0.717) is 42.6 Å². The first kappa shape index (κ1) is 29.0. The molecule has 1 amide bonds. The molecule has 2 aliphatic rings. The van der Waals surface area contributed by atoms with Crippen LogP contribution in [0, 0.1) is 11.8 Å². The zero-order valence-electron chi connectivity index (χ0n) is 23.3. The molecule has 1 heterocycles. The maximum atomic E-state index is 14.1. The Morgan fingerprint density at radius 2 is 1.61 bits per heavy atom. The van der Waals surface area contributed by atoms with Crippen LogP contribution >= 0.6 is 18.7 Å². The zero-order valence-corrected chi connectivity index (χ0v) is 25.0. The summed E-state index contributed by atoms with van der Waals surface area (Å²) < 4.78 is 19.5. The first-order valence-corrected chi connectivity index (χ1v) is 16.8. The van der Waals surface area contributed by atoms with Crippen molar-refractivity contribution in [2.45, 2.75) is 96.6 Å². The van der Waals surface area contributed by atoms with Gasteiger partial charge in [0.2, 0.25) is 13.3 Å². The minimum absolute atomic E-state index is 0.0625. The molecule has 2 aliphatic carbocycles. The van der Waals surface area contributed by atoms with Gasteiger partial charge in [-0.25, -0.2) is 4.79 Å². The maximum Gasteiger partial charge on any atom is 0.348 e. The summed E-state index contributed by atoms with van der Waals surface area (Å²) in [6, 6.07) is 11.2. The predicted molar refractivity (Wildman–Crippen MR) is 155 cm³/mol. The van der Waals surface area contributed by atoms with E-state index in [1.54, 1.807) is 6.66 Å². The summed E-state index contributed by atoms with van der Waals surface area (Å²) in [5, 5.41) is 10.8. The predicted octanol–water partition coefficient (Wildman–Crippen LogP) is 7.46. The van der Waals surface area contributed by atoms with Gasteiger partial charge in [0.05, 0.1) is 11.8 Å². The van der Waals surface area contributed by atoms with E-state index in [1.807, 2.05) is 41.3 Å². The number of thiophene rings is 1. The topological polar surface area (TPSA) is 83.9 Å². The van der Waals surface area contributed by atoms with E-state index >= 15 is 0 Å². The third-order valence-corrected chi connectivity index (χ3v) is 11.6. The van der Waals surface area contributed by atoms with Crippen molar-refractivity contribution in [1.29, 1.82) is 0 Å². The molecule has 1 aromatic carbocycles. The fourth-order valence-electron chi connectivity index (χ4n) is 5.74. The van der Waals surface area contributed by atoms with Crippen LogP contribution in [0.1, 0.15) is 93.6 Å². The van der Waals surface area contributed by atoms with E-state index in [2.05, 4.69) is 27.7 Å². The lowest BCUT2D eigenvalue weighted by atomic mass is 9.81. The molecule has 0 saturated heterocycles. The lowest BCUT2D eigenvalue weighted by Crippen LogP contribution is -2.47. The van der Waals surface area contributed by atoms with Gasteiger partial charge in [0.25, 0.3) is 0 Å². The van der Waals surface area contributed by atoms with Crippen molar-refractivity contribution in [3.63, 3.8) is 0 Å². The van der Waals surface area contributed by atoms with Crippen LogP contribution in [0.3, 0.4) is 0 Å². The second-order valence-electron chi connectivity index (χ2n) is 12.3. The van der Waals surface area contributed by atoms with Crippen molar-refractivity contribution in [3.8, 4) is 0 Å². The Balaban J connectivity index is 1.58. The number of carboxylic acids is 1. The molecule has 6 nitrogen and oxygen atoms in total. The minimum Gasteiger partial charge on any atom is -0.477 e. The Morgan fingerprint density at radius 1 is 1.00 bits per heavy atom. The average molecular weight is 560 g/mol. The molecule has 0 spiro atoms. The molecule has 0 bridgehead atoms. The number of amides is 1. The number of benzene rings is 1. The number of rotatable bonds is 7. The lowest BCUT2D eigenvalue weighted by molar-refractivity contribution is -0.124. The molecule has 1 aromatic heterocycles. The Morgan fingerprint density at radius 3 is 2.16 bits per heavy atom. The van der Waals surface area contributed by atoms with E-state index in [-0.39, 0.29) is 34.3 Å². The molecule has 2 aromatic rings. The largest absolute Gasteiger partial charge is 0.477 e. The summed E-state index contributed by atoms with van der Waals surface area (Å²) in [6.45, 7) is 10.1. The summed E-state index contributed by atoms with van der Waals surface area (Å²) in [7, 11) is -2.95. The van der Waals surface area contributed by atoms with Gasteiger partial charge in [0, 0.05) is 28.8 Å². The fraction of sp³-hybridized carbons (Fsp3) is 0.600. The van der Waals surface area contributed by atoms with Gasteiger partial charge in [-0.3, -0.25) is 9.36 Å².